The van der Waals surface area contributed by atoms with Gasteiger partial charge in [-0.2, -0.15) is 10.4 Å². The van der Waals surface area contributed by atoms with Gasteiger partial charge in [0.2, 0.25) is 0 Å². The first kappa shape index (κ1) is 13.9. The molecule has 0 saturated heterocycles. The summed E-state index contributed by atoms with van der Waals surface area (Å²) in [4.78, 5) is 18.5. The minimum absolute atomic E-state index is 0.00869. The quantitative estimate of drug-likeness (QED) is 0.622. The molecule has 0 bridgehead atoms. The Morgan fingerprint density at radius 2 is 2.38 bits per heavy atom. The maximum absolute atomic E-state index is 12.4. The Balaban J connectivity index is 1.77. The fourth-order valence-corrected chi connectivity index (χ4v) is 2.89. The Morgan fingerprint density at radius 3 is 3.14 bits per heavy atom. The van der Waals surface area contributed by atoms with Crippen LogP contribution >= 0.6 is 11.8 Å². The maximum Gasteiger partial charge on any atom is 0.257 e. The number of thiocyanates is 1. The fraction of sp³-hybridized carbons (Fsp3) is 0.429. The van der Waals surface area contributed by atoms with E-state index in [2.05, 4.69) is 16.2 Å². The van der Waals surface area contributed by atoms with Crippen molar-refractivity contribution in [2.24, 2.45) is 4.99 Å². The van der Waals surface area contributed by atoms with Crippen LogP contribution in [0.4, 0.5) is 0 Å². The molecule has 0 atom stereocenters. The number of carbonyl (C=O) groups is 1. The summed E-state index contributed by atoms with van der Waals surface area (Å²) in [5.74, 6) is 0.651. The Kier molecular flexibility index (Phi) is 4.06. The van der Waals surface area contributed by atoms with Crippen molar-refractivity contribution in [3.63, 3.8) is 0 Å². The van der Waals surface area contributed by atoms with Gasteiger partial charge in [0.15, 0.2) is 0 Å². The molecule has 1 aromatic heterocycles. The van der Waals surface area contributed by atoms with Crippen LogP contribution < -0.4 is 0 Å². The van der Waals surface area contributed by atoms with Crippen LogP contribution in [0.2, 0.25) is 0 Å². The predicted molar refractivity (Wildman–Crippen MR) is 82.2 cm³/mol. The van der Waals surface area contributed by atoms with Crippen LogP contribution in [0.15, 0.2) is 17.3 Å². The molecular formula is C14H15N5OS. The number of rotatable bonds is 4. The standard InChI is InChI=1S/C14H15N5OS/c15-10-21-7-6-18-5-3-13-12(14(18)20)9-19(17-13)11-2-1-4-16-8-11/h2,8-9H,1,3-7H2. The van der Waals surface area contributed by atoms with E-state index < -0.39 is 0 Å². The molecule has 0 unspecified atom stereocenters. The molecule has 7 heteroatoms. The summed E-state index contributed by atoms with van der Waals surface area (Å²) in [6.07, 6.45) is 7.34. The Hall–Kier alpha value is -2.07. The monoisotopic (exact) mass is 301 g/mol. The lowest BCUT2D eigenvalue weighted by Crippen LogP contribution is -2.38. The smallest absolute Gasteiger partial charge is 0.257 e. The van der Waals surface area contributed by atoms with Gasteiger partial charge in [-0.25, -0.2) is 4.68 Å². The first-order valence-electron chi connectivity index (χ1n) is 6.88. The number of nitriles is 1. The second-order valence-corrected chi connectivity index (χ2v) is 5.75. The number of nitrogens with zero attached hydrogens (tertiary/aromatic N) is 5. The van der Waals surface area contributed by atoms with E-state index in [9.17, 15) is 4.79 Å². The molecule has 2 aliphatic rings. The van der Waals surface area contributed by atoms with Crippen LogP contribution in [0.3, 0.4) is 0 Å². The third-order valence-corrected chi connectivity index (χ3v) is 4.07. The van der Waals surface area contributed by atoms with Crippen LogP contribution in [0.1, 0.15) is 22.5 Å². The van der Waals surface area contributed by atoms with Gasteiger partial charge in [-0.15, -0.1) is 0 Å². The molecule has 0 aliphatic carbocycles. The summed E-state index contributed by atoms with van der Waals surface area (Å²) in [5.41, 5.74) is 2.45. The molecule has 6 nitrogen and oxygen atoms in total. The molecule has 1 amide bonds. The van der Waals surface area contributed by atoms with Crippen molar-refractivity contribution in [1.29, 1.82) is 5.26 Å². The molecular weight excluding hydrogens is 286 g/mol. The van der Waals surface area contributed by atoms with Crippen molar-refractivity contribution in [1.82, 2.24) is 14.7 Å². The number of hydrogen-bond acceptors (Lipinski definition) is 5. The van der Waals surface area contributed by atoms with Crippen LogP contribution in [0.25, 0.3) is 5.70 Å². The largest absolute Gasteiger partial charge is 0.337 e. The van der Waals surface area contributed by atoms with Crippen LogP contribution in [0.5, 0.6) is 0 Å². The summed E-state index contributed by atoms with van der Waals surface area (Å²) in [6.45, 7) is 2.08. The molecule has 0 aromatic carbocycles. The van der Waals surface area contributed by atoms with Gasteiger partial charge in [0.25, 0.3) is 5.91 Å². The van der Waals surface area contributed by atoms with Crippen molar-refractivity contribution in [2.45, 2.75) is 12.8 Å². The average molecular weight is 301 g/mol. The molecule has 1 aromatic rings. The van der Waals surface area contributed by atoms with Gasteiger partial charge in [-0.05, 0) is 18.2 Å². The van der Waals surface area contributed by atoms with Crippen molar-refractivity contribution in [3.05, 3.63) is 23.5 Å². The molecule has 3 rings (SSSR count). The zero-order valence-corrected chi connectivity index (χ0v) is 12.3. The first-order chi connectivity index (χ1) is 10.3. The highest BCUT2D eigenvalue weighted by Gasteiger charge is 2.27. The number of dihydropyridines is 1. The molecule has 0 saturated carbocycles. The van der Waals surface area contributed by atoms with E-state index in [1.54, 1.807) is 22.0 Å². The van der Waals surface area contributed by atoms with Gasteiger partial charge < -0.3 is 4.90 Å². The third-order valence-electron chi connectivity index (χ3n) is 3.55. The van der Waals surface area contributed by atoms with E-state index in [4.69, 9.17) is 5.26 Å². The minimum atomic E-state index is 0.00869. The van der Waals surface area contributed by atoms with E-state index in [-0.39, 0.29) is 5.91 Å². The van der Waals surface area contributed by atoms with Gasteiger partial charge in [0, 0.05) is 44.2 Å². The molecule has 0 fully saturated rings. The van der Waals surface area contributed by atoms with Crippen LogP contribution in [-0.2, 0) is 6.42 Å². The van der Waals surface area contributed by atoms with E-state index in [0.717, 1.165) is 30.8 Å². The van der Waals surface area contributed by atoms with Crippen LogP contribution in [-0.4, -0.2) is 52.2 Å². The van der Waals surface area contributed by atoms with Gasteiger partial charge in [0.05, 0.1) is 17.0 Å². The molecule has 21 heavy (non-hydrogen) atoms. The maximum atomic E-state index is 12.4. The molecule has 0 spiro atoms. The Bertz CT molecular complexity index is 655. The highest BCUT2D eigenvalue weighted by Crippen LogP contribution is 2.20. The summed E-state index contributed by atoms with van der Waals surface area (Å²) in [5, 5.41) is 15.1. The van der Waals surface area contributed by atoms with E-state index in [0.29, 0.717) is 24.4 Å². The minimum Gasteiger partial charge on any atom is -0.337 e. The first-order valence-corrected chi connectivity index (χ1v) is 7.87. The second-order valence-electron chi connectivity index (χ2n) is 4.87. The number of thioether (sulfide) groups is 1. The highest BCUT2D eigenvalue weighted by molar-refractivity contribution is 8.03. The summed E-state index contributed by atoms with van der Waals surface area (Å²) < 4.78 is 1.75. The molecule has 3 heterocycles. The number of aromatic nitrogens is 2. The van der Waals surface area contributed by atoms with Crippen molar-refractivity contribution in [3.8, 4) is 5.40 Å². The summed E-state index contributed by atoms with van der Waals surface area (Å²) in [6, 6.07) is 0. The number of fused-ring (bicyclic) bond motifs is 1. The number of carbonyl (C=O) groups excluding carboxylic acids is 1. The zero-order chi connectivity index (χ0) is 14.7. The molecule has 2 aliphatic heterocycles. The highest BCUT2D eigenvalue weighted by atomic mass is 32.2. The lowest BCUT2D eigenvalue weighted by molar-refractivity contribution is 0.0750. The van der Waals surface area contributed by atoms with Gasteiger partial charge in [-0.1, -0.05) is 6.08 Å². The van der Waals surface area contributed by atoms with Crippen molar-refractivity contribution < 1.29 is 4.79 Å². The number of amides is 1. The van der Waals surface area contributed by atoms with E-state index in [1.807, 2.05) is 5.40 Å². The molecule has 0 N–H and O–H groups in total. The fourth-order valence-electron chi connectivity index (χ4n) is 2.48. The second kappa shape index (κ2) is 6.14. The lowest BCUT2D eigenvalue weighted by Gasteiger charge is -2.25. The van der Waals surface area contributed by atoms with Gasteiger partial charge in [-0.3, -0.25) is 9.79 Å². The van der Waals surface area contributed by atoms with Gasteiger partial charge in [0.1, 0.15) is 5.40 Å². The molecule has 108 valence electrons. The average Bonchev–Trinajstić information content (AvgIpc) is 2.96. The number of allylic oxidation sites excluding steroid dienone is 1. The van der Waals surface area contributed by atoms with Crippen LogP contribution in [0, 0.1) is 10.7 Å². The summed E-state index contributed by atoms with van der Waals surface area (Å²) in [7, 11) is 0. The topological polar surface area (TPSA) is 74.3 Å². The Morgan fingerprint density at radius 1 is 1.48 bits per heavy atom. The molecule has 0 radical (unpaired) electrons. The van der Waals surface area contributed by atoms with Crippen molar-refractivity contribution >= 4 is 29.6 Å². The number of hydrogen-bond donors (Lipinski definition) is 0. The number of aliphatic imine (C=N–C) groups is 1. The lowest BCUT2D eigenvalue weighted by atomic mass is 10.1. The van der Waals surface area contributed by atoms with E-state index in [1.165, 1.54) is 11.8 Å². The summed E-state index contributed by atoms with van der Waals surface area (Å²) >= 11 is 1.18. The van der Waals surface area contributed by atoms with Gasteiger partial charge >= 0.3 is 0 Å². The SMILES string of the molecule is N#CSCCN1CCc2nn(C3=CCCN=C3)cc2C1=O. The zero-order valence-electron chi connectivity index (χ0n) is 11.5. The normalized spacial score (nSPS) is 17.4. The Labute approximate surface area is 127 Å². The third kappa shape index (κ3) is 2.85. The van der Waals surface area contributed by atoms with Crippen molar-refractivity contribution in [2.75, 3.05) is 25.4 Å². The predicted octanol–water partition coefficient (Wildman–Crippen LogP) is 1.41. The van der Waals surface area contributed by atoms with E-state index >= 15 is 0 Å².